The predicted octanol–water partition coefficient (Wildman–Crippen LogP) is 2.70. The molecule has 1 aromatic rings. The van der Waals surface area contributed by atoms with Crippen LogP contribution < -0.4 is 5.32 Å². The second kappa shape index (κ2) is 6.38. The summed E-state index contributed by atoms with van der Waals surface area (Å²) in [5.74, 6) is 0.766. The van der Waals surface area contributed by atoms with Crippen LogP contribution in [-0.2, 0) is 11.2 Å². The molecular weight excluding hydrogens is 218 g/mol. The van der Waals surface area contributed by atoms with Crippen LogP contribution in [0.4, 0.5) is 0 Å². The average molecular weight is 239 g/mol. The van der Waals surface area contributed by atoms with E-state index >= 15 is 0 Å². The van der Waals surface area contributed by atoms with Crippen LogP contribution in [0.5, 0.6) is 0 Å². The number of ether oxygens (including phenoxy) is 1. The van der Waals surface area contributed by atoms with Gasteiger partial charge in [-0.05, 0) is 54.1 Å². The highest BCUT2D eigenvalue weighted by Gasteiger charge is 2.20. The highest BCUT2D eigenvalue weighted by Crippen LogP contribution is 2.20. The Hall–Kier alpha value is -0.380. The molecule has 0 amide bonds. The van der Waals surface area contributed by atoms with E-state index in [1.54, 1.807) is 11.3 Å². The van der Waals surface area contributed by atoms with E-state index in [-0.39, 0.29) is 0 Å². The number of thiophene rings is 1. The lowest BCUT2D eigenvalue weighted by atomic mass is 9.95. The highest BCUT2D eigenvalue weighted by atomic mass is 32.1. The summed E-state index contributed by atoms with van der Waals surface area (Å²) in [6.07, 6.45) is 3.66. The summed E-state index contributed by atoms with van der Waals surface area (Å²) in [6, 6.07) is 2.85. The number of rotatable bonds is 6. The molecule has 1 aliphatic heterocycles. The third-order valence-electron chi connectivity index (χ3n) is 3.20. The minimum Gasteiger partial charge on any atom is -0.381 e. The van der Waals surface area contributed by atoms with Crippen molar-refractivity contribution in [3.05, 3.63) is 22.4 Å². The summed E-state index contributed by atoms with van der Waals surface area (Å²) in [4.78, 5) is 0. The molecule has 1 aliphatic rings. The van der Waals surface area contributed by atoms with Gasteiger partial charge in [-0.25, -0.2) is 0 Å². The van der Waals surface area contributed by atoms with Crippen LogP contribution in [0.15, 0.2) is 16.8 Å². The van der Waals surface area contributed by atoms with Crippen molar-refractivity contribution in [1.29, 1.82) is 0 Å². The molecule has 90 valence electrons. The molecule has 1 aromatic heterocycles. The molecule has 3 heteroatoms. The van der Waals surface area contributed by atoms with Crippen LogP contribution in [-0.4, -0.2) is 25.8 Å². The molecule has 0 radical (unpaired) electrons. The molecule has 2 heterocycles. The van der Waals surface area contributed by atoms with Crippen LogP contribution in [0.2, 0.25) is 0 Å². The molecule has 0 aliphatic carbocycles. The van der Waals surface area contributed by atoms with Crippen LogP contribution >= 0.6 is 11.3 Å². The molecule has 16 heavy (non-hydrogen) atoms. The van der Waals surface area contributed by atoms with Crippen LogP contribution in [0.3, 0.4) is 0 Å². The van der Waals surface area contributed by atoms with Crippen LogP contribution in [0.25, 0.3) is 0 Å². The van der Waals surface area contributed by atoms with Gasteiger partial charge in [-0.1, -0.05) is 6.92 Å². The Labute approximate surface area is 102 Å². The molecule has 2 nitrogen and oxygen atoms in total. The maximum Gasteiger partial charge on any atom is 0.0495 e. The van der Waals surface area contributed by atoms with Crippen LogP contribution in [0.1, 0.15) is 25.3 Å². The molecule has 0 saturated carbocycles. The van der Waals surface area contributed by atoms with Gasteiger partial charge in [-0.15, -0.1) is 0 Å². The Morgan fingerprint density at radius 2 is 2.56 bits per heavy atom. The van der Waals surface area contributed by atoms with E-state index in [2.05, 4.69) is 29.1 Å². The molecule has 0 bridgehead atoms. The van der Waals surface area contributed by atoms with E-state index in [4.69, 9.17) is 4.74 Å². The van der Waals surface area contributed by atoms with Gasteiger partial charge in [0.25, 0.3) is 0 Å². The Balaban J connectivity index is 1.83. The van der Waals surface area contributed by atoms with Crippen LogP contribution in [0, 0.1) is 5.92 Å². The minimum absolute atomic E-state index is 0.617. The third-order valence-corrected chi connectivity index (χ3v) is 3.93. The molecule has 1 fully saturated rings. The maximum absolute atomic E-state index is 5.45. The maximum atomic E-state index is 5.45. The number of hydrogen-bond acceptors (Lipinski definition) is 3. The van der Waals surface area contributed by atoms with E-state index in [1.165, 1.54) is 18.4 Å². The van der Waals surface area contributed by atoms with Gasteiger partial charge in [-0.2, -0.15) is 11.3 Å². The first-order valence-corrected chi connectivity index (χ1v) is 7.15. The molecular formula is C13H21NOS. The lowest BCUT2D eigenvalue weighted by molar-refractivity contribution is 0.181. The lowest BCUT2D eigenvalue weighted by Gasteiger charge is -2.20. The normalized spacial score (nSPS) is 22.4. The van der Waals surface area contributed by atoms with Gasteiger partial charge in [0.05, 0.1) is 0 Å². The van der Waals surface area contributed by atoms with Crippen molar-refractivity contribution < 1.29 is 4.74 Å². The first-order chi connectivity index (χ1) is 7.88. The fourth-order valence-electron chi connectivity index (χ4n) is 2.39. The molecule has 2 rings (SSSR count). The van der Waals surface area contributed by atoms with Crippen molar-refractivity contribution in [2.45, 2.75) is 32.2 Å². The average Bonchev–Trinajstić information content (AvgIpc) is 2.91. The molecule has 0 spiro atoms. The molecule has 2 atom stereocenters. The molecule has 2 unspecified atom stereocenters. The fraction of sp³-hybridized carbons (Fsp3) is 0.692. The van der Waals surface area contributed by atoms with E-state index in [0.29, 0.717) is 6.04 Å². The predicted molar refractivity (Wildman–Crippen MR) is 69.0 cm³/mol. The Bertz CT molecular complexity index is 280. The topological polar surface area (TPSA) is 21.3 Å². The largest absolute Gasteiger partial charge is 0.381 e. The molecule has 1 saturated heterocycles. The van der Waals surface area contributed by atoms with Crippen molar-refractivity contribution in [3.63, 3.8) is 0 Å². The van der Waals surface area contributed by atoms with Gasteiger partial charge < -0.3 is 10.1 Å². The van der Waals surface area contributed by atoms with Crippen molar-refractivity contribution in [2.75, 3.05) is 19.8 Å². The minimum atomic E-state index is 0.617. The van der Waals surface area contributed by atoms with E-state index in [1.807, 2.05) is 0 Å². The van der Waals surface area contributed by atoms with Gasteiger partial charge in [-0.3, -0.25) is 0 Å². The third kappa shape index (κ3) is 3.58. The zero-order valence-corrected chi connectivity index (χ0v) is 10.8. The molecule has 0 aromatic carbocycles. The zero-order valence-electron chi connectivity index (χ0n) is 9.95. The van der Waals surface area contributed by atoms with E-state index in [0.717, 1.165) is 32.1 Å². The fourth-order valence-corrected chi connectivity index (χ4v) is 3.07. The van der Waals surface area contributed by atoms with E-state index in [9.17, 15) is 0 Å². The summed E-state index contributed by atoms with van der Waals surface area (Å²) in [5.41, 5.74) is 1.47. The first-order valence-electron chi connectivity index (χ1n) is 6.20. The molecule has 1 N–H and O–H groups in total. The quantitative estimate of drug-likeness (QED) is 0.824. The zero-order chi connectivity index (χ0) is 11.2. The Morgan fingerprint density at radius 3 is 3.19 bits per heavy atom. The van der Waals surface area contributed by atoms with Crippen molar-refractivity contribution in [2.24, 2.45) is 5.92 Å². The summed E-state index contributed by atoms with van der Waals surface area (Å²) in [6.45, 7) is 5.17. The van der Waals surface area contributed by atoms with Gasteiger partial charge in [0.2, 0.25) is 0 Å². The van der Waals surface area contributed by atoms with Crippen molar-refractivity contribution in [3.8, 4) is 0 Å². The van der Waals surface area contributed by atoms with E-state index < -0.39 is 0 Å². The van der Waals surface area contributed by atoms with Crippen molar-refractivity contribution in [1.82, 2.24) is 5.32 Å². The second-order valence-electron chi connectivity index (χ2n) is 4.56. The van der Waals surface area contributed by atoms with Gasteiger partial charge >= 0.3 is 0 Å². The second-order valence-corrected chi connectivity index (χ2v) is 5.34. The Kier molecular flexibility index (Phi) is 4.82. The first kappa shape index (κ1) is 12.1. The summed E-state index contributed by atoms with van der Waals surface area (Å²) < 4.78 is 5.45. The lowest BCUT2D eigenvalue weighted by Crippen LogP contribution is -2.33. The smallest absolute Gasteiger partial charge is 0.0495 e. The SMILES string of the molecule is CCNC(Cc1ccsc1)CC1CCOC1. The Morgan fingerprint density at radius 1 is 1.62 bits per heavy atom. The van der Waals surface area contributed by atoms with Gasteiger partial charge in [0.15, 0.2) is 0 Å². The number of nitrogens with one attached hydrogen (secondary N) is 1. The van der Waals surface area contributed by atoms with Gasteiger partial charge in [0, 0.05) is 19.3 Å². The monoisotopic (exact) mass is 239 g/mol. The summed E-state index contributed by atoms with van der Waals surface area (Å²) in [7, 11) is 0. The van der Waals surface area contributed by atoms with Gasteiger partial charge in [0.1, 0.15) is 0 Å². The number of hydrogen-bond donors (Lipinski definition) is 1. The highest BCUT2D eigenvalue weighted by molar-refractivity contribution is 7.07. The number of likely N-dealkylation sites (N-methyl/N-ethyl adjacent to an activating group) is 1. The summed E-state index contributed by atoms with van der Waals surface area (Å²) >= 11 is 1.79. The van der Waals surface area contributed by atoms with Crippen molar-refractivity contribution >= 4 is 11.3 Å². The summed E-state index contributed by atoms with van der Waals surface area (Å²) in [5, 5.41) is 8.02. The standard InChI is InChI=1S/C13H21NOS/c1-2-14-13(7-11-3-5-15-9-11)8-12-4-6-16-10-12/h4,6,10-11,13-14H,2-3,5,7-9H2,1H3.